The van der Waals surface area contributed by atoms with Crippen molar-refractivity contribution in [2.75, 3.05) is 45.9 Å². The van der Waals surface area contributed by atoms with Crippen LogP contribution in [-0.4, -0.2) is 50.8 Å². The lowest BCUT2D eigenvalue weighted by atomic mass is 10.2. The number of hydrogen-bond donors (Lipinski definition) is 1. The average molecular weight is 214 g/mol. The Kier molecular flexibility index (Phi) is 6.98. The normalized spacial score (nSPS) is 19.6. The van der Waals surface area contributed by atoms with Gasteiger partial charge in [-0.25, -0.2) is 0 Å². The van der Waals surface area contributed by atoms with Crippen LogP contribution in [0.4, 0.5) is 0 Å². The Morgan fingerprint density at radius 3 is 2.73 bits per heavy atom. The van der Waals surface area contributed by atoms with Crippen LogP contribution < -0.4 is 5.32 Å². The highest BCUT2D eigenvalue weighted by Crippen LogP contribution is 2.06. The topological polar surface area (TPSA) is 24.5 Å². The SMILES string of the molecule is CCNCC(C)COCCN1CCCC1. The maximum atomic E-state index is 5.67. The Morgan fingerprint density at radius 1 is 1.33 bits per heavy atom. The van der Waals surface area contributed by atoms with E-state index in [0.717, 1.165) is 32.8 Å². The molecule has 1 aliphatic rings. The number of rotatable bonds is 8. The van der Waals surface area contributed by atoms with Gasteiger partial charge in [0.15, 0.2) is 0 Å². The second-order valence-electron chi connectivity index (χ2n) is 4.54. The van der Waals surface area contributed by atoms with Crippen molar-refractivity contribution in [1.29, 1.82) is 0 Å². The van der Waals surface area contributed by atoms with Gasteiger partial charge in [-0.05, 0) is 44.9 Å². The van der Waals surface area contributed by atoms with Crippen LogP contribution in [-0.2, 0) is 4.74 Å². The molecule has 1 saturated heterocycles. The highest BCUT2D eigenvalue weighted by molar-refractivity contribution is 4.65. The average Bonchev–Trinajstić information content (AvgIpc) is 2.74. The van der Waals surface area contributed by atoms with Gasteiger partial charge in [0.25, 0.3) is 0 Å². The summed E-state index contributed by atoms with van der Waals surface area (Å²) >= 11 is 0. The van der Waals surface area contributed by atoms with Crippen molar-refractivity contribution in [1.82, 2.24) is 10.2 Å². The molecule has 1 heterocycles. The Labute approximate surface area is 94.2 Å². The zero-order valence-corrected chi connectivity index (χ0v) is 10.3. The maximum Gasteiger partial charge on any atom is 0.0593 e. The van der Waals surface area contributed by atoms with Crippen molar-refractivity contribution >= 4 is 0 Å². The zero-order chi connectivity index (χ0) is 10.9. The molecule has 3 nitrogen and oxygen atoms in total. The largest absolute Gasteiger partial charge is 0.380 e. The monoisotopic (exact) mass is 214 g/mol. The highest BCUT2D eigenvalue weighted by Gasteiger charge is 2.10. The molecule has 0 aliphatic carbocycles. The predicted octanol–water partition coefficient (Wildman–Crippen LogP) is 1.34. The quantitative estimate of drug-likeness (QED) is 0.617. The third-order valence-electron chi connectivity index (χ3n) is 2.90. The van der Waals surface area contributed by atoms with Gasteiger partial charge in [0.1, 0.15) is 0 Å². The highest BCUT2D eigenvalue weighted by atomic mass is 16.5. The number of likely N-dealkylation sites (tertiary alicyclic amines) is 1. The molecule has 0 bridgehead atoms. The van der Waals surface area contributed by atoms with Crippen LogP contribution in [0.25, 0.3) is 0 Å². The van der Waals surface area contributed by atoms with E-state index in [1.54, 1.807) is 0 Å². The fourth-order valence-corrected chi connectivity index (χ4v) is 1.93. The number of nitrogens with one attached hydrogen (secondary N) is 1. The summed E-state index contributed by atoms with van der Waals surface area (Å²) in [7, 11) is 0. The van der Waals surface area contributed by atoms with Gasteiger partial charge < -0.3 is 15.0 Å². The van der Waals surface area contributed by atoms with Crippen LogP contribution in [0.1, 0.15) is 26.7 Å². The summed E-state index contributed by atoms with van der Waals surface area (Å²) < 4.78 is 5.67. The maximum absolute atomic E-state index is 5.67. The Morgan fingerprint density at radius 2 is 2.07 bits per heavy atom. The number of hydrogen-bond acceptors (Lipinski definition) is 3. The zero-order valence-electron chi connectivity index (χ0n) is 10.3. The first-order valence-corrected chi connectivity index (χ1v) is 6.33. The minimum absolute atomic E-state index is 0.628. The van der Waals surface area contributed by atoms with Gasteiger partial charge in [-0.3, -0.25) is 0 Å². The van der Waals surface area contributed by atoms with Crippen LogP contribution in [0, 0.1) is 5.92 Å². The molecule has 15 heavy (non-hydrogen) atoms. The van der Waals surface area contributed by atoms with Gasteiger partial charge >= 0.3 is 0 Å². The summed E-state index contributed by atoms with van der Waals surface area (Å²) in [4.78, 5) is 2.49. The van der Waals surface area contributed by atoms with Crippen LogP contribution in [0.15, 0.2) is 0 Å². The molecule has 1 fully saturated rings. The van der Waals surface area contributed by atoms with Crippen LogP contribution >= 0.6 is 0 Å². The van der Waals surface area contributed by atoms with E-state index in [0.29, 0.717) is 5.92 Å². The number of ether oxygens (including phenoxy) is 1. The van der Waals surface area contributed by atoms with Crippen molar-refractivity contribution in [2.45, 2.75) is 26.7 Å². The van der Waals surface area contributed by atoms with Gasteiger partial charge in [-0.1, -0.05) is 13.8 Å². The predicted molar refractivity (Wildman–Crippen MR) is 64.2 cm³/mol. The van der Waals surface area contributed by atoms with E-state index in [1.807, 2.05) is 0 Å². The minimum Gasteiger partial charge on any atom is -0.380 e. The van der Waals surface area contributed by atoms with Crippen molar-refractivity contribution < 1.29 is 4.74 Å². The summed E-state index contributed by atoms with van der Waals surface area (Å²) in [6.45, 7) is 12.0. The van der Waals surface area contributed by atoms with Gasteiger partial charge in [0, 0.05) is 6.54 Å². The fraction of sp³-hybridized carbons (Fsp3) is 1.00. The summed E-state index contributed by atoms with van der Waals surface area (Å²) in [5, 5.41) is 3.34. The molecule has 1 N–H and O–H groups in total. The molecule has 0 aromatic heterocycles. The first-order chi connectivity index (χ1) is 7.33. The molecule has 1 unspecified atom stereocenters. The third-order valence-corrected chi connectivity index (χ3v) is 2.90. The Balaban J connectivity index is 1.87. The lowest BCUT2D eigenvalue weighted by molar-refractivity contribution is 0.0869. The third kappa shape index (κ3) is 6.13. The molecule has 0 spiro atoms. The Hall–Kier alpha value is -0.120. The summed E-state index contributed by atoms with van der Waals surface area (Å²) in [5.41, 5.74) is 0. The molecule has 0 saturated carbocycles. The molecule has 1 atom stereocenters. The summed E-state index contributed by atoms with van der Waals surface area (Å²) in [6.07, 6.45) is 2.74. The summed E-state index contributed by atoms with van der Waals surface area (Å²) in [5.74, 6) is 0.628. The van der Waals surface area contributed by atoms with Gasteiger partial charge in [-0.15, -0.1) is 0 Å². The first kappa shape index (κ1) is 12.9. The molecular weight excluding hydrogens is 188 g/mol. The van der Waals surface area contributed by atoms with E-state index < -0.39 is 0 Å². The smallest absolute Gasteiger partial charge is 0.0593 e. The fourth-order valence-electron chi connectivity index (χ4n) is 1.93. The van der Waals surface area contributed by atoms with Gasteiger partial charge in [-0.2, -0.15) is 0 Å². The minimum atomic E-state index is 0.628. The Bertz CT molecular complexity index is 147. The van der Waals surface area contributed by atoms with E-state index in [4.69, 9.17) is 4.74 Å². The van der Waals surface area contributed by atoms with E-state index in [-0.39, 0.29) is 0 Å². The van der Waals surface area contributed by atoms with Crippen LogP contribution in [0.3, 0.4) is 0 Å². The van der Waals surface area contributed by atoms with E-state index in [2.05, 4.69) is 24.1 Å². The van der Waals surface area contributed by atoms with Crippen LogP contribution in [0.5, 0.6) is 0 Å². The molecule has 0 radical (unpaired) electrons. The van der Waals surface area contributed by atoms with Crippen molar-refractivity contribution in [3.05, 3.63) is 0 Å². The second kappa shape index (κ2) is 8.08. The molecule has 1 aliphatic heterocycles. The second-order valence-corrected chi connectivity index (χ2v) is 4.54. The van der Waals surface area contributed by atoms with Crippen molar-refractivity contribution in [2.24, 2.45) is 5.92 Å². The van der Waals surface area contributed by atoms with Crippen LogP contribution in [0.2, 0.25) is 0 Å². The number of nitrogens with zero attached hydrogens (tertiary/aromatic N) is 1. The molecule has 90 valence electrons. The molecule has 1 rings (SSSR count). The van der Waals surface area contributed by atoms with Gasteiger partial charge in [0.05, 0.1) is 13.2 Å². The van der Waals surface area contributed by atoms with Gasteiger partial charge in [0.2, 0.25) is 0 Å². The summed E-state index contributed by atoms with van der Waals surface area (Å²) in [6, 6.07) is 0. The molecule has 0 aromatic rings. The first-order valence-electron chi connectivity index (χ1n) is 6.33. The van der Waals surface area contributed by atoms with E-state index in [1.165, 1.54) is 25.9 Å². The van der Waals surface area contributed by atoms with Crippen molar-refractivity contribution in [3.8, 4) is 0 Å². The standard InChI is InChI=1S/C12H26N2O/c1-3-13-10-12(2)11-15-9-8-14-6-4-5-7-14/h12-13H,3-11H2,1-2H3. The lowest BCUT2D eigenvalue weighted by Crippen LogP contribution is -2.27. The lowest BCUT2D eigenvalue weighted by Gasteiger charge is -2.16. The molecule has 0 amide bonds. The molecule has 3 heteroatoms. The van der Waals surface area contributed by atoms with E-state index >= 15 is 0 Å². The van der Waals surface area contributed by atoms with E-state index in [9.17, 15) is 0 Å². The van der Waals surface area contributed by atoms with Crippen molar-refractivity contribution in [3.63, 3.8) is 0 Å². The molecule has 0 aromatic carbocycles. The molecular formula is C12H26N2O.